The van der Waals surface area contributed by atoms with E-state index in [4.69, 9.17) is 9.47 Å². The molecule has 0 bridgehead atoms. The topological polar surface area (TPSA) is 79.4 Å². The molecule has 1 amide bonds. The van der Waals surface area contributed by atoms with Crippen molar-refractivity contribution in [3.8, 4) is 5.75 Å². The first-order valence-electron chi connectivity index (χ1n) is 12.3. The summed E-state index contributed by atoms with van der Waals surface area (Å²) in [5.74, 6) is -0.146. The monoisotopic (exact) mass is 561 g/mol. The van der Waals surface area contributed by atoms with Gasteiger partial charge in [0.1, 0.15) is 11.6 Å². The lowest BCUT2D eigenvalue weighted by Crippen LogP contribution is -2.46. The van der Waals surface area contributed by atoms with E-state index >= 15 is 0 Å². The Bertz CT molecular complexity index is 1260. The van der Waals surface area contributed by atoms with Crippen LogP contribution in [0.1, 0.15) is 10.4 Å². The summed E-state index contributed by atoms with van der Waals surface area (Å²) in [4.78, 5) is 18.5. The van der Waals surface area contributed by atoms with Crippen LogP contribution in [0.25, 0.3) is 0 Å². The quantitative estimate of drug-likeness (QED) is 0.337. The summed E-state index contributed by atoms with van der Waals surface area (Å²) in [5, 5.41) is 1.93. The Morgan fingerprint density at radius 2 is 1.76 bits per heavy atom. The number of hydrogen-bond donors (Lipinski definition) is 0. The molecule has 4 rings (SSSR count). The minimum atomic E-state index is -3.97. The third-order valence-corrected chi connectivity index (χ3v) is 9.06. The van der Waals surface area contributed by atoms with Crippen molar-refractivity contribution in [1.82, 2.24) is 14.1 Å². The molecule has 0 unspecified atom stereocenters. The van der Waals surface area contributed by atoms with E-state index in [2.05, 4.69) is 4.90 Å². The van der Waals surface area contributed by atoms with Crippen LogP contribution in [0.15, 0.2) is 70.9 Å². The lowest BCUT2D eigenvalue weighted by molar-refractivity contribution is -0.132. The van der Waals surface area contributed by atoms with Gasteiger partial charge in [0.2, 0.25) is 15.9 Å². The van der Waals surface area contributed by atoms with Gasteiger partial charge >= 0.3 is 0 Å². The van der Waals surface area contributed by atoms with E-state index in [0.29, 0.717) is 45.1 Å². The first-order chi connectivity index (χ1) is 18.3. The molecule has 8 nitrogen and oxygen atoms in total. The third-order valence-electron chi connectivity index (χ3n) is 6.34. The van der Waals surface area contributed by atoms with E-state index < -0.39 is 10.0 Å². The Kier molecular flexibility index (Phi) is 9.86. The van der Waals surface area contributed by atoms with Crippen LogP contribution in [0.5, 0.6) is 5.75 Å². The zero-order valence-electron chi connectivity index (χ0n) is 21.3. The summed E-state index contributed by atoms with van der Waals surface area (Å²) in [6, 6.07) is 16.0. The van der Waals surface area contributed by atoms with Crippen molar-refractivity contribution in [1.29, 1.82) is 0 Å². The molecule has 11 heteroatoms. The van der Waals surface area contributed by atoms with E-state index in [9.17, 15) is 17.6 Å². The second kappa shape index (κ2) is 13.3. The van der Waals surface area contributed by atoms with Crippen molar-refractivity contribution in [3.05, 3.63) is 82.3 Å². The number of halogens is 1. The average molecular weight is 562 g/mol. The highest BCUT2D eigenvalue weighted by atomic mass is 32.2. The molecule has 1 saturated heterocycles. The molecule has 2 aromatic carbocycles. The maximum absolute atomic E-state index is 13.7. The van der Waals surface area contributed by atoms with Gasteiger partial charge in [-0.3, -0.25) is 9.69 Å². The molecule has 1 fully saturated rings. The molecule has 3 aromatic rings. The highest BCUT2D eigenvalue weighted by Crippen LogP contribution is 2.21. The van der Waals surface area contributed by atoms with Gasteiger partial charge in [-0.25, -0.2) is 12.8 Å². The Morgan fingerprint density at radius 3 is 2.39 bits per heavy atom. The van der Waals surface area contributed by atoms with E-state index in [1.165, 1.54) is 47.0 Å². The van der Waals surface area contributed by atoms with E-state index in [-0.39, 0.29) is 36.3 Å². The number of morpholine rings is 1. The molecule has 0 spiro atoms. The van der Waals surface area contributed by atoms with E-state index in [1.54, 1.807) is 29.2 Å². The van der Waals surface area contributed by atoms with Crippen LogP contribution in [0.2, 0.25) is 0 Å². The van der Waals surface area contributed by atoms with Crippen LogP contribution in [0.4, 0.5) is 4.39 Å². The number of nitrogens with zero attached hydrogens (tertiary/aromatic N) is 3. The smallest absolute Gasteiger partial charge is 0.243 e. The minimum Gasteiger partial charge on any atom is -0.497 e. The van der Waals surface area contributed by atoms with Gasteiger partial charge in [-0.1, -0.05) is 18.2 Å². The predicted octanol–water partition coefficient (Wildman–Crippen LogP) is 3.45. The fourth-order valence-corrected chi connectivity index (χ4v) is 6.24. The second-order valence-electron chi connectivity index (χ2n) is 8.92. The van der Waals surface area contributed by atoms with Crippen molar-refractivity contribution in [2.45, 2.75) is 18.0 Å². The van der Waals surface area contributed by atoms with Crippen LogP contribution in [0, 0.1) is 5.82 Å². The van der Waals surface area contributed by atoms with Crippen LogP contribution in [-0.4, -0.2) is 81.5 Å². The number of methoxy groups -OCH3 is 1. The highest BCUT2D eigenvalue weighted by Gasteiger charge is 2.29. The van der Waals surface area contributed by atoms with Crippen molar-refractivity contribution in [2.24, 2.45) is 0 Å². The molecular weight excluding hydrogens is 529 g/mol. The molecule has 1 aliphatic rings. The number of carbonyl (C=O) groups excluding carboxylic acids is 1. The SMILES string of the molecule is COc1ccc(S(=O)(=O)N(CCN2CCOCC2)CC(=O)N(Cc2ccc(F)cc2)Cc2cccs2)cc1. The van der Waals surface area contributed by atoms with Gasteiger partial charge in [-0.05, 0) is 53.4 Å². The molecule has 0 saturated carbocycles. The average Bonchev–Trinajstić information content (AvgIpc) is 3.45. The van der Waals surface area contributed by atoms with E-state index in [1.807, 2.05) is 17.5 Å². The molecule has 2 heterocycles. The Morgan fingerprint density at radius 1 is 1.05 bits per heavy atom. The van der Waals surface area contributed by atoms with Gasteiger partial charge < -0.3 is 14.4 Å². The molecule has 0 N–H and O–H groups in total. The summed E-state index contributed by atoms with van der Waals surface area (Å²) >= 11 is 1.52. The Balaban J connectivity index is 1.57. The number of benzene rings is 2. The van der Waals surface area contributed by atoms with Crippen LogP contribution in [-0.2, 0) is 32.6 Å². The summed E-state index contributed by atoms with van der Waals surface area (Å²) < 4.78 is 52.7. The van der Waals surface area contributed by atoms with Gasteiger partial charge in [-0.2, -0.15) is 4.31 Å². The molecule has 0 radical (unpaired) electrons. The van der Waals surface area contributed by atoms with Crippen molar-refractivity contribution in [3.63, 3.8) is 0 Å². The van der Waals surface area contributed by atoms with Gasteiger partial charge in [0.25, 0.3) is 0 Å². The zero-order valence-corrected chi connectivity index (χ0v) is 22.9. The Labute approximate surface area is 227 Å². The third kappa shape index (κ3) is 7.61. The first-order valence-corrected chi connectivity index (χ1v) is 14.7. The Hall–Kier alpha value is -2.83. The second-order valence-corrected chi connectivity index (χ2v) is 11.9. The molecular formula is C27H32FN3O5S2. The van der Waals surface area contributed by atoms with Crippen molar-refractivity contribution in [2.75, 3.05) is 53.0 Å². The highest BCUT2D eigenvalue weighted by molar-refractivity contribution is 7.89. The largest absolute Gasteiger partial charge is 0.497 e. The maximum atomic E-state index is 13.7. The minimum absolute atomic E-state index is 0.0939. The summed E-state index contributed by atoms with van der Waals surface area (Å²) in [5.41, 5.74) is 0.759. The number of hydrogen-bond acceptors (Lipinski definition) is 7. The lowest BCUT2D eigenvalue weighted by Gasteiger charge is -2.31. The fourth-order valence-electron chi connectivity index (χ4n) is 4.14. The number of sulfonamides is 1. The number of thiophene rings is 1. The van der Waals surface area contributed by atoms with Gasteiger partial charge in [0.05, 0.1) is 38.3 Å². The molecule has 1 aliphatic heterocycles. The standard InChI is InChI=1S/C27H32FN3O5S2/c1-35-24-8-10-26(11-9-24)38(33,34)31(13-12-29-14-16-36-17-15-29)21-27(32)30(20-25-3-2-18-37-25)19-22-4-6-23(28)7-5-22/h2-11,18H,12-17,19-21H2,1H3. The maximum Gasteiger partial charge on any atom is 0.243 e. The normalized spacial score (nSPS) is 14.5. The lowest BCUT2D eigenvalue weighted by atomic mass is 10.2. The van der Waals surface area contributed by atoms with Gasteiger partial charge in [0.15, 0.2) is 0 Å². The van der Waals surface area contributed by atoms with Crippen molar-refractivity contribution < 1.29 is 27.1 Å². The number of amides is 1. The molecule has 0 atom stereocenters. The van der Waals surface area contributed by atoms with Gasteiger partial charge in [0, 0.05) is 37.6 Å². The molecule has 1 aromatic heterocycles. The summed E-state index contributed by atoms with van der Waals surface area (Å²) in [6.07, 6.45) is 0. The summed E-state index contributed by atoms with van der Waals surface area (Å²) in [7, 11) is -2.46. The van der Waals surface area contributed by atoms with Gasteiger partial charge in [-0.15, -0.1) is 11.3 Å². The number of ether oxygens (including phenoxy) is 2. The fraction of sp³-hybridized carbons (Fsp3) is 0.370. The number of rotatable bonds is 12. The first kappa shape index (κ1) is 28.2. The van der Waals surface area contributed by atoms with Crippen molar-refractivity contribution >= 4 is 27.3 Å². The van der Waals surface area contributed by atoms with Crippen LogP contribution < -0.4 is 4.74 Å². The molecule has 204 valence electrons. The van der Waals surface area contributed by atoms with E-state index in [0.717, 1.165) is 10.4 Å². The number of carbonyl (C=O) groups is 1. The van der Waals surface area contributed by atoms with Crippen LogP contribution in [0.3, 0.4) is 0 Å². The summed E-state index contributed by atoms with van der Waals surface area (Å²) in [6.45, 7) is 3.49. The molecule has 0 aliphatic carbocycles. The van der Waals surface area contributed by atoms with Crippen LogP contribution >= 0.6 is 11.3 Å². The zero-order chi connectivity index (χ0) is 27.0. The molecule has 38 heavy (non-hydrogen) atoms. The predicted molar refractivity (Wildman–Crippen MR) is 144 cm³/mol.